The molecule has 0 aliphatic heterocycles. The molecule has 0 saturated carbocycles. The van der Waals surface area contributed by atoms with Gasteiger partial charge < -0.3 is 32.7 Å². The topological polar surface area (TPSA) is 198 Å². The van der Waals surface area contributed by atoms with Crippen LogP contribution in [-0.2, 0) is 30.4 Å². The van der Waals surface area contributed by atoms with Gasteiger partial charge in [-0.3, -0.25) is 29.0 Å². The SMILES string of the molecule is CSCCC(NC(C)=O)C(=O)NC(CC(C)C)C(=O)NC(Cc1ccccc1)C(=O)NC(CCCN=C(N)N)C(=O)C(C)C. The third-order valence-corrected chi connectivity index (χ3v) is 7.38. The number of hydrogen-bond donors (Lipinski definition) is 6. The lowest BCUT2D eigenvalue weighted by Gasteiger charge is -2.27. The maximum absolute atomic E-state index is 13.7. The lowest BCUT2D eigenvalue weighted by Crippen LogP contribution is -2.58. The Morgan fingerprint density at radius 2 is 1.36 bits per heavy atom. The van der Waals surface area contributed by atoms with Crippen LogP contribution in [0.3, 0.4) is 0 Å². The summed E-state index contributed by atoms with van der Waals surface area (Å²) in [5.41, 5.74) is 11.6. The van der Waals surface area contributed by atoms with Gasteiger partial charge in [0, 0.05) is 25.8 Å². The minimum absolute atomic E-state index is 0.0381. The number of aliphatic imine (C=N–C) groups is 1. The highest BCUT2D eigenvalue weighted by molar-refractivity contribution is 7.98. The number of nitrogens with one attached hydrogen (secondary N) is 4. The van der Waals surface area contributed by atoms with Crippen LogP contribution in [-0.4, -0.2) is 78.1 Å². The summed E-state index contributed by atoms with van der Waals surface area (Å²) in [7, 11) is 0. The standard InChI is InChI=1S/C31H51N7O5S/c1-19(2)17-25(37-28(41)24(14-16-44-6)35-21(5)39)29(42)38-26(18-22-11-8-7-9-12-22)30(43)36-23(27(40)20(3)4)13-10-15-34-31(32)33/h7-9,11-12,19-20,23-26H,10,13-18H2,1-6H3,(H,35,39)(H,36,43)(H,37,41)(H,38,42)(H4,32,33,34). The number of hydrogen-bond acceptors (Lipinski definition) is 7. The molecule has 4 atom stereocenters. The van der Waals surface area contributed by atoms with E-state index >= 15 is 0 Å². The van der Waals surface area contributed by atoms with E-state index in [1.807, 2.05) is 50.4 Å². The molecule has 0 fully saturated rings. The van der Waals surface area contributed by atoms with Gasteiger partial charge in [-0.1, -0.05) is 58.0 Å². The van der Waals surface area contributed by atoms with Gasteiger partial charge in [-0.2, -0.15) is 11.8 Å². The van der Waals surface area contributed by atoms with Crippen molar-refractivity contribution >= 4 is 47.1 Å². The van der Waals surface area contributed by atoms with Gasteiger partial charge in [-0.25, -0.2) is 0 Å². The molecule has 246 valence electrons. The first-order valence-corrected chi connectivity index (χ1v) is 16.4. The quantitative estimate of drug-likeness (QED) is 0.0701. The van der Waals surface area contributed by atoms with Gasteiger partial charge in [0.2, 0.25) is 23.6 Å². The van der Waals surface area contributed by atoms with Gasteiger partial charge in [0.15, 0.2) is 11.7 Å². The number of benzene rings is 1. The maximum atomic E-state index is 13.7. The van der Waals surface area contributed by atoms with E-state index < -0.39 is 41.9 Å². The van der Waals surface area contributed by atoms with Crippen molar-refractivity contribution in [3.63, 3.8) is 0 Å². The number of guanidine groups is 1. The fraction of sp³-hybridized carbons (Fsp3) is 0.613. The van der Waals surface area contributed by atoms with E-state index in [1.54, 1.807) is 25.6 Å². The Morgan fingerprint density at radius 3 is 1.91 bits per heavy atom. The molecule has 0 aliphatic rings. The Balaban J connectivity index is 3.24. The molecule has 0 heterocycles. The molecule has 1 aromatic carbocycles. The summed E-state index contributed by atoms with van der Waals surface area (Å²) >= 11 is 1.54. The Bertz CT molecular complexity index is 1110. The zero-order valence-electron chi connectivity index (χ0n) is 26.9. The first kappa shape index (κ1) is 38.4. The average molecular weight is 634 g/mol. The Hall–Kier alpha value is -3.61. The van der Waals surface area contributed by atoms with Crippen LogP contribution < -0.4 is 32.7 Å². The van der Waals surface area contributed by atoms with E-state index in [-0.39, 0.29) is 35.9 Å². The highest BCUT2D eigenvalue weighted by Crippen LogP contribution is 2.12. The van der Waals surface area contributed by atoms with E-state index in [4.69, 9.17) is 11.5 Å². The number of ketones is 1. The second-order valence-corrected chi connectivity index (χ2v) is 12.5. The van der Waals surface area contributed by atoms with Crippen LogP contribution >= 0.6 is 11.8 Å². The molecule has 4 unspecified atom stereocenters. The van der Waals surface area contributed by atoms with Crippen LogP contribution in [0, 0.1) is 11.8 Å². The van der Waals surface area contributed by atoms with Gasteiger partial charge in [0.05, 0.1) is 6.04 Å². The third-order valence-electron chi connectivity index (χ3n) is 6.73. The molecule has 0 aliphatic carbocycles. The van der Waals surface area contributed by atoms with Crippen molar-refractivity contribution in [2.24, 2.45) is 28.3 Å². The van der Waals surface area contributed by atoms with Crippen molar-refractivity contribution in [3.05, 3.63) is 35.9 Å². The summed E-state index contributed by atoms with van der Waals surface area (Å²) in [4.78, 5) is 69.3. The summed E-state index contributed by atoms with van der Waals surface area (Å²) in [5.74, 6) is -1.73. The van der Waals surface area contributed by atoms with Crippen LogP contribution in [0.4, 0.5) is 0 Å². The first-order valence-electron chi connectivity index (χ1n) is 15.0. The zero-order valence-corrected chi connectivity index (χ0v) is 27.7. The number of thioether (sulfide) groups is 1. The van der Waals surface area contributed by atoms with E-state index in [1.165, 1.54) is 6.92 Å². The predicted octanol–water partition coefficient (Wildman–Crippen LogP) is 1.27. The molecule has 12 nitrogen and oxygen atoms in total. The summed E-state index contributed by atoms with van der Waals surface area (Å²) in [6.45, 7) is 8.99. The molecular weight excluding hydrogens is 582 g/mol. The molecule has 0 saturated heterocycles. The summed E-state index contributed by atoms with van der Waals surface area (Å²) in [6, 6.07) is 5.62. The summed E-state index contributed by atoms with van der Waals surface area (Å²) < 4.78 is 0. The molecule has 44 heavy (non-hydrogen) atoms. The van der Waals surface area contributed by atoms with Crippen molar-refractivity contribution in [2.45, 2.75) is 90.9 Å². The average Bonchev–Trinajstić information content (AvgIpc) is 2.95. The zero-order chi connectivity index (χ0) is 33.2. The maximum Gasteiger partial charge on any atom is 0.243 e. The van der Waals surface area contributed by atoms with E-state index in [9.17, 15) is 24.0 Å². The molecule has 4 amide bonds. The van der Waals surface area contributed by atoms with Crippen molar-refractivity contribution in [1.82, 2.24) is 21.3 Å². The molecule has 1 rings (SSSR count). The van der Waals surface area contributed by atoms with E-state index in [0.29, 0.717) is 38.0 Å². The molecule has 0 bridgehead atoms. The minimum atomic E-state index is -1.03. The summed E-state index contributed by atoms with van der Waals surface area (Å²) in [6.07, 6.45) is 3.56. The highest BCUT2D eigenvalue weighted by atomic mass is 32.2. The van der Waals surface area contributed by atoms with Crippen LogP contribution in [0.1, 0.15) is 65.9 Å². The number of carbonyl (C=O) groups is 5. The van der Waals surface area contributed by atoms with Crippen molar-refractivity contribution in [2.75, 3.05) is 18.6 Å². The third kappa shape index (κ3) is 15.2. The van der Waals surface area contributed by atoms with Gasteiger partial charge >= 0.3 is 0 Å². The number of carbonyl (C=O) groups excluding carboxylic acids is 5. The normalized spacial score (nSPS) is 13.7. The van der Waals surface area contributed by atoms with Crippen LogP contribution in [0.5, 0.6) is 0 Å². The van der Waals surface area contributed by atoms with Gasteiger partial charge in [-0.05, 0) is 49.2 Å². The lowest BCUT2D eigenvalue weighted by molar-refractivity contribution is -0.134. The largest absolute Gasteiger partial charge is 0.370 e. The predicted molar refractivity (Wildman–Crippen MR) is 176 cm³/mol. The monoisotopic (exact) mass is 633 g/mol. The van der Waals surface area contributed by atoms with Crippen LogP contribution in [0.2, 0.25) is 0 Å². The van der Waals surface area contributed by atoms with Gasteiger partial charge in [0.25, 0.3) is 0 Å². The number of rotatable bonds is 20. The number of nitrogens with zero attached hydrogens (tertiary/aromatic N) is 1. The lowest BCUT2D eigenvalue weighted by atomic mass is 9.96. The Kier molecular flexibility index (Phi) is 17.8. The van der Waals surface area contributed by atoms with E-state index in [2.05, 4.69) is 26.3 Å². The second-order valence-electron chi connectivity index (χ2n) is 11.5. The second kappa shape index (κ2) is 20.4. The minimum Gasteiger partial charge on any atom is -0.370 e. The van der Waals surface area contributed by atoms with Gasteiger partial charge in [0.1, 0.15) is 18.1 Å². The fourth-order valence-electron chi connectivity index (χ4n) is 4.52. The number of amides is 4. The molecule has 1 aromatic rings. The van der Waals surface area contributed by atoms with Crippen molar-refractivity contribution in [3.8, 4) is 0 Å². The van der Waals surface area contributed by atoms with Crippen LogP contribution in [0.25, 0.3) is 0 Å². The highest BCUT2D eigenvalue weighted by Gasteiger charge is 2.32. The molecule has 0 radical (unpaired) electrons. The summed E-state index contributed by atoms with van der Waals surface area (Å²) in [5, 5.41) is 11.1. The Morgan fingerprint density at radius 1 is 0.795 bits per heavy atom. The van der Waals surface area contributed by atoms with Crippen LogP contribution in [0.15, 0.2) is 35.3 Å². The molecule has 0 aromatic heterocycles. The first-order chi connectivity index (χ1) is 20.7. The van der Waals surface area contributed by atoms with E-state index in [0.717, 1.165) is 5.56 Å². The smallest absolute Gasteiger partial charge is 0.243 e. The van der Waals surface area contributed by atoms with Gasteiger partial charge in [-0.15, -0.1) is 0 Å². The number of Topliss-reactive ketones (excluding diaryl/α,β-unsaturated/α-hetero) is 1. The molecule has 13 heteroatoms. The molecule has 0 spiro atoms. The van der Waals surface area contributed by atoms with Crippen molar-refractivity contribution in [1.29, 1.82) is 0 Å². The fourth-order valence-corrected chi connectivity index (χ4v) is 4.99. The molecular formula is C31H51N7O5S. The molecule has 8 N–H and O–H groups in total. The number of nitrogens with two attached hydrogens (primary N) is 2. The Labute approximate surface area is 265 Å². The van der Waals surface area contributed by atoms with Crippen molar-refractivity contribution < 1.29 is 24.0 Å².